The molecular weight excluding hydrogens is 297 g/mol. The Kier molecular flexibility index (Phi) is 4.59. The standard InChI is InChI=1S/C13H16FN3O3S/c1-3-17(21(18,19)11-7-15-16-8-11)9-10-4-5-13(20-2)12(14)6-10/h4-8H,3,9H2,1-2H3,(H,15,16). The van der Waals surface area contributed by atoms with E-state index in [1.807, 2.05) is 0 Å². The topological polar surface area (TPSA) is 75.3 Å². The number of nitrogens with one attached hydrogen (secondary N) is 1. The summed E-state index contributed by atoms with van der Waals surface area (Å²) < 4.78 is 44.5. The summed E-state index contributed by atoms with van der Waals surface area (Å²) in [5.74, 6) is -0.397. The molecule has 0 bridgehead atoms. The molecule has 0 fully saturated rings. The molecule has 2 aromatic rings. The van der Waals surface area contributed by atoms with Gasteiger partial charge in [0.05, 0.1) is 13.3 Å². The maximum absolute atomic E-state index is 13.7. The molecule has 1 aromatic heterocycles. The van der Waals surface area contributed by atoms with Gasteiger partial charge >= 0.3 is 0 Å². The van der Waals surface area contributed by atoms with Crippen LogP contribution in [-0.4, -0.2) is 36.6 Å². The summed E-state index contributed by atoms with van der Waals surface area (Å²) in [5, 5.41) is 6.11. The Morgan fingerprint density at radius 1 is 1.43 bits per heavy atom. The third-order valence-corrected chi connectivity index (χ3v) is 4.92. The number of aromatic nitrogens is 2. The van der Waals surface area contributed by atoms with Gasteiger partial charge in [0.1, 0.15) is 4.90 Å². The Labute approximate surface area is 122 Å². The van der Waals surface area contributed by atoms with Crippen molar-refractivity contribution >= 4 is 10.0 Å². The van der Waals surface area contributed by atoms with E-state index in [9.17, 15) is 12.8 Å². The SMILES string of the molecule is CCN(Cc1ccc(OC)c(F)c1)S(=O)(=O)c1cn[nH]c1. The summed E-state index contributed by atoms with van der Waals surface area (Å²) in [6.45, 7) is 2.06. The minimum atomic E-state index is -3.65. The molecule has 21 heavy (non-hydrogen) atoms. The van der Waals surface area contributed by atoms with Gasteiger partial charge in [-0.3, -0.25) is 5.10 Å². The quantitative estimate of drug-likeness (QED) is 0.882. The molecule has 8 heteroatoms. The normalized spacial score (nSPS) is 11.8. The van der Waals surface area contributed by atoms with Crippen molar-refractivity contribution < 1.29 is 17.5 Å². The van der Waals surface area contributed by atoms with Crippen molar-refractivity contribution in [2.24, 2.45) is 0 Å². The molecule has 0 spiro atoms. The number of H-pyrrole nitrogens is 1. The molecule has 0 aliphatic heterocycles. The van der Waals surface area contributed by atoms with Crippen LogP contribution in [0.25, 0.3) is 0 Å². The van der Waals surface area contributed by atoms with Gasteiger partial charge in [-0.15, -0.1) is 0 Å². The van der Waals surface area contributed by atoms with E-state index in [4.69, 9.17) is 4.74 Å². The number of aromatic amines is 1. The Balaban J connectivity index is 2.26. The lowest BCUT2D eigenvalue weighted by molar-refractivity contribution is 0.384. The lowest BCUT2D eigenvalue weighted by Gasteiger charge is -2.19. The lowest BCUT2D eigenvalue weighted by Crippen LogP contribution is -2.30. The van der Waals surface area contributed by atoms with Crippen molar-refractivity contribution in [3.63, 3.8) is 0 Å². The first kappa shape index (κ1) is 15.5. The minimum Gasteiger partial charge on any atom is -0.494 e. The Morgan fingerprint density at radius 3 is 2.71 bits per heavy atom. The number of ether oxygens (including phenoxy) is 1. The molecule has 0 aliphatic rings. The van der Waals surface area contributed by atoms with Crippen molar-refractivity contribution in [3.8, 4) is 5.75 Å². The van der Waals surface area contributed by atoms with Gasteiger partial charge in [0, 0.05) is 19.3 Å². The van der Waals surface area contributed by atoms with Gasteiger partial charge in [-0.25, -0.2) is 12.8 Å². The molecular formula is C13H16FN3O3S. The average Bonchev–Trinajstić information content (AvgIpc) is 2.99. The molecule has 1 aromatic carbocycles. The minimum absolute atomic E-state index is 0.0743. The van der Waals surface area contributed by atoms with Gasteiger partial charge in [-0.1, -0.05) is 13.0 Å². The molecule has 0 aliphatic carbocycles. The first-order valence-electron chi connectivity index (χ1n) is 6.30. The zero-order valence-electron chi connectivity index (χ0n) is 11.7. The predicted octanol–water partition coefficient (Wildman–Crippen LogP) is 1.77. The van der Waals surface area contributed by atoms with Crippen molar-refractivity contribution in [3.05, 3.63) is 42.0 Å². The van der Waals surface area contributed by atoms with Crippen LogP contribution in [-0.2, 0) is 16.6 Å². The third-order valence-electron chi connectivity index (χ3n) is 3.04. The average molecular weight is 313 g/mol. The zero-order chi connectivity index (χ0) is 15.5. The molecule has 1 N–H and O–H groups in total. The smallest absolute Gasteiger partial charge is 0.246 e. The van der Waals surface area contributed by atoms with Gasteiger partial charge in [0.25, 0.3) is 0 Å². The van der Waals surface area contributed by atoms with Crippen molar-refractivity contribution in [1.82, 2.24) is 14.5 Å². The molecule has 1 heterocycles. The third kappa shape index (κ3) is 3.22. The molecule has 2 rings (SSSR count). The van der Waals surface area contributed by atoms with Crippen molar-refractivity contribution in [2.75, 3.05) is 13.7 Å². The highest BCUT2D eigenvalue weighted by atomic mass is 32.2. The van der Waals surface area contributed by atoms with Crippen LogP contribution in [0, 0.1) is 5.82 Å². The van der Waals surface area contributed by atoms with E-state index in [1.54, 1.807) is 13.0 Å². The van der Waals surface area contributed by atoms with E-state index in [-0.39, 0.29) is 23.7 Å². The fraction of sp³-hybridized carbons (Fsp3) is 0.308. The maximum Gasteiger partial charge on any atom is 0.246 e. The van der Waals surface area contributed by atoms with Gasteiger partial charge in [0.15, 0.2) is 11.6 Å². The molecule has 114 valence electrons. The van der Waals surface area contributed by atoms with Gasteiger partial charge < -0.3 is 4.74 Å². The lowest BCUT2D eigenvalue weighted by atomic mass is 10.2. The van der Waals surface area contributed by atoms with Crippen LogP contribution in [0.2, 0.25) is 0 Å². The largest absolute Gasteiger partial charge is 0.494 e. The van der Waals surface area contributed by atoms with Crippen LogP contribution in [0.3, 0.4) is 0 Å². The summed E-state index contributed by atoms with van der Waals surface area (Å²) >= 11 is 0. The van der Waals surface area contributed by atoms with Crippen LogP contribution >= 0.6 is 0 Å². The fourth-order valence-corrected chi connectivity index (χ4v) is 3.25. The molecule has 0 unspecified atom stereocenters. The molecule has 0 radical (unpaired) electrons. The summed E-state index contributed by atoms with van der Waals surface area (Å²) in [4.78, 5) is 0.0818. The van der Waals surface area contributed by atoms with E-state index in [0.29, 0.717) is 5.56 Å². The summed E-state index contributed by atoms with van der Waals surface area (Å²) in [6, 6.07) is 4.38. The second kappa shape index (κ2) is 6.23. The Morgan fingerprint density at radius 2 is 2.19 bits per heavy atom. The summed E-state index contributed by atoms with van der Waals surface area (Å²) in [7, 11) is -2.27. The zero-order valence-corrected chi connectivity index (χ0v) is 12.5. The van der Waals surface area contributed by atoms with Gasteiger partial charge in [0.2, 0.25) is 10.0 Å². The van der Waals surface area contributed by atoms with Gasteiger partial charge in [-0.2, -0.15) is 9.40 Å². The summed E-state index contributed by atoms with van der Waals surface area (Å²) in [5.41, 5.74) is 0.544. The van der Waals surface area contributed by atoms with Gasteiger partial charge in [-0.05, 0) is 17.7 Å². The number of sulfonamides is 1. The van der Waals surface area contributed by atoms with Crippen molar-refractivity contribution in [1.29, 1.82) is 0 Å². The van der Waals surface area contributed by atoms with Crippen LogP contribution in [0.5, 0.6) is 5.75 Å². The van der Waals surface area contributed by atoms with E-state index in [0.717, 1.165) is 0 Å². The highest BCUT2D eigenvalue weighted by molar-refractivity contribution is 7.89. The molecule has 6 nitrogen and oxygen atoms in total. The highest BCUT2D eigenvalue weighted by Gasteiger charge is 2.24. The Hall–Kier alpha value is -1.93. The van der Waals surface area contributed by atoms with Crippen molar-refractivity contribution in [2.45, 2.75) is 18.4 Å². The fourth-order valence-electron chi connectivity index (χ4n) is 1.91. The van der Waals surface area contributed by atoms with Crippen LogP contribution < -0.4 is 4.74 Å². The number of hydrogen-bond donors (Lipinski definition) is 1. The van der Waals surface area contributed by atoms with Crippen LogP contribution in [0.15, 0.2) is 35.5 Å². The van der Waals surface area contributed by atoms with E-state index < -0.39 is 15.8 Å². The second-order valence-corrected chi connectivity index (χ2v) is 6.27. The number of halogens is 1. The molecule has 0 saturated heterocycles. The Bertz CT molecular complexity index is 701. The molecule has 0 amide bonds. The predicted molar refractivity (Wildman–Crippen MR) is 74.8 cm³/mol. The number of benzene rings is 1. The maximum atomic E-state index is 13.7. The van der Waals surface area contributed by atoms with Crippen LogP contribution in [0.4, 0.5) is 4.39 Å². The molecule has 0 saturated carbocycles. The highest BCUT2D eigenvalue weighted by Crippen LogP contribution is 2.21. The number of hydrogen-bond acceptors (Lipinski definition) is 4. The number of rotatable bonds is 6. The van der Waals surface area contributed by atoms with E-state index in [1.165, 1.54) is 35.9 Å². The molecule has 0 atom stereocenters. The number of nitrogens with zero attached hydrogens (tertiary/aromatic N) is 2. The first-order valence-corrected chi connectivity index (χ1v) is 7.74. The number of methoxy groups -OCH3 is 1. The first-order chi connectivity index (χ1) is 9.98. The van der Waals surface area contributed by atoms with E-state index in [2.05, 4.69) is 10.2 Å². The van der Waals surface area contributed by atoms with E-state index >= 15 is 0 Å². The second-order valence-electron chi connectivity index (χ2n) is 4.33. The monoisotopic (exact) mass is 313 g/mol. The van der Waals surface area contributed by atoms with Crippen LogP contribution in [0.1, 0.15) is 12.5 Å². The summed E-state index contributed by atoms with van der Waals surface area (Å²) in [6.07, 6.45) is 2.55.